The van der Waals surface area contributed by atoms with Crippen LogP contribution < -0.4 is 0 Å². The van der Waals surface area contributed by atoms with E-state index in [-0.39, 0.29) is 6.61 Å². The second-order valence-electron chi connectivity index (χ2n) is 4.22. The number of hydrogen-bond acceptors (Lipinski definition) is 4. The van der Waals surface area contributed by atoms with Crippen molar-refractivity contribution in [2.45, 2.75) is 20.4 Å². The Morgan fingerprint density at radius 1 is 1.35 bits per heavy atom. The smallest absolute Gasteiger partial charge is 0.397 e. The van der Waals surface area contributed by atoms with Crippen molar-refractivity contribution in [2.24, 2.45) is 0 Å². The molecule has 1 amide bonds. The molecule has 6 nitrogen and oxygen atoms in total. The van der Waals surface area contributed by atoms with Crippen molar-refractivity contribution in [3.63, 3.8) is 0 Å². The van der Waals surface area contributed by atoms with E-state index >= 15 is 0 Å². The van der Waals surface area contributed by atoms with E-state index in [0.29, 0.717) is 13.1 Å². The topological polar surface area (TPSA) is 63.9 Å². The molecule has 0 aliphatic rings. The molecule has 0 fully saturated rings. The number of ether oxygens (including phenoxy) is 1. The van der Waals surface area contributed by atoms with Gasteiger partial charge in [0, 0.05) is 12.7 Å². The van der Waals surface area contributed by atoms with Crippen molar-refractivity contribution >= 4 is 17.5 Å². The summed E-state index contributed by atoms with van der Waals surface area (Å²) in [5.74, 6) is -1.44. The highest BCUT2D eigenvalue weighted by Gasteiger charge is 2.22. The van der Waals surface area contributed by atoms with Crippen molar-refractivity contribution in [3.05, 3.63) is 36.3 Å². The zero-order valence-electron chi connectivity index (χ0n) is 11.6. The standard InChI is InChI=1S/C14H17N3O3/c1-3-16(13(18)14(19)20-4-2)10-11-9-15-12-7-5-6-8-17(11)12/h5-9H,3-4,10H2,1-2H3. The first kappa shape index (κ1) is 14.0. The van der Waals surface area contributed by atoms with E-state index in [4.69, 9.17) is 4.74 Å². The number of pyridine rings is 1. The molecule has 0 bridgehead atoms. The zero-order chi connectivity index (χ0) is 14.5. The van der Waals surface area contributed by atoms with Crippen LogP contribution in [0.2, 0.25) is 0 Å². The van der Waals surface area contributed by atoms with Gasteiger partial charge in [-0.2, -0.15) is 0 Å². The summed E-state index contributed by atoms with van der Waals surface area (Å²) in [7, 11) is 0. The van der Waals surface area contributed by atoms with Crippen LogP contribution in [0.5, 0.6) is 0 Å². The van der Waals surface area contributed by atoms with E-state index in [2.05, 4.69) is 4.98 Å². The van der Waals surface area contributed by atoms with E-state index in [1.807, 2.05) is 35.7 Å². The van der Waals surface area contributed by atoms with Gasteiger partial charge >= 0.3 is 11.9 Å². The fourth-order valence-corrected chi connectivity index (χ4v) is 1.95. The molecule has 0 saturated heterocycles. The number of nitrogens with zero attached hydrogens (tertiary/aromatic N) is 3. The number of rotatable bonds is 4. The van der Waals surface area contributed by atoms with Gasteiger partial charge < -0.3 is 14.0 Å². The molecular formula is C14H17N3O3. The molecule has 0 spiro atoms. The molecule has 0 aliphatic carbocycles. The average Bonchev–Trinajstić information content (AvgIpc) is 2.87. The predicted octanol–water partition coefficient (Wildman–Crippen LogP) is 1.25. The first-order chi connectivity index (χ1) is 9.67. The van der Waals surface area contributed by atoms with Crippen molar-refractivity contribution in [2.75, 3.05) is 13.2 Å². The van der Waals surface area contributed by atoms with Crippen LogP contribution in [-0.2, 0) is 20.9 Å². The third kappa shape index (κ3) is 2.79. The largest absolute Gasteiger partial charge is 0.459 e. The van der Waals surface area contributed by atoms with Gasteiger partial charge in [-0.3, -0.25) is 4.79 Å². The highest BCUT2D eigenvalue weighted by Crippen LogP contribution is 2.09. The number of likely N-dealkylation sites (N-methyl/N-ethyl adjacent to an activating group) is 1. The summed E-state index contributed by atoms with van der Waals surface area (Å²) in [6.45, 7) is 4.43. The molecule has 6 heteroatoms. The summed E-state index contributed by atoms with van der Waals surface area (Å²) in [5.41, 5.74) is 1.65. The Bertz CT molecular complexity index is 621. The van der Waals surface area contributed by atoms with Gasteiger partial charge in [-0.25, -0.2) is 9.78 Å². The Labute approximate surface area is 117 Å². The first-order valence-corrected chi connectivity index (χ1v) is 6.54. The third-order valence-corrected chi connectivity index (χ3v) is 2.97. The molecule has 106 valence electrons. The predicted molar refractivity (Wildman–Crippen MR) is 72.9 cm³/mol. The minimum absolute atomic E-state index is 0.192. The van der Waals surface area contributed by atoms with Crippen molar-refractivity contribution in [3.8, 4) is 0 Å². The van der Waals surface area contributed by atoms with Gasteiger partial charge in [0.05, 0.1) is 25.0 Å². The Morgan fingerprint density at radius 2 is 2.15 bits per heavy atom. The van der Waals surface area contributed by atoms with Crippen LogP contribution in [0.1, 0.15) is 19.5 Å². The molecule has 0 radical (unpaired) electrons. The lowest BCUT2D eigenvalue weighted by Gasteiger charge is -2.19. The van der Waals surface area contributed by atoms with Crippen LogP contribution in [0.15, 0.2) is 30.6 Å². The number of esters is 1. The second kappa shape index (κ2) is 6.18. The fourth-order valence-electron chi connectivity index (χ4n) is 1.95. The Balaban J connectivity index is 2.18. The number of carbonyl (C=O) groups excluding carboxylic acids is 2. The summed E-state index contributed by atoms with van der Waals surface area (Å²) >= 11 is 0. The van der Waals surface area contributed by atoms with Crippen LogP contribution in [0.3, 0.4) is 0 Å². The molecule has 0 saturated carbocycles. The highest BCUT2D eigenvalue weighted by atomic mass is 16.5. The number of fused-ring (bicyclic) bond motifs is 1. The highest BCUT2D eigenvalue weighted by molar-refractivity contribution is 6.32. The molecule has 0 aromatic carbocycles. The molecule has 0 unspecified atom stereocenters. The van der Waals surface area contributed by atoms with Gasteiger partial charge in [0.15, 0.2) is 0 Å². The normalized spacial score (nSPS) is 10.5. The summed E-state index contributed by atoms with van der Waals surface area (Å²) in [5, 5.41) is 0. The monoisotopic (exact) mass is 275 g/mol. The molecule has 20 heavy (non-hydrogen) atoms. The molecule has 0 N–H and O–H groups in total. The maximum absolute atomic E-state index is 11.9. The number of carbonyl (C=O) groups is 2. The SMILES string of the molecule is CCOC(=O)C(=O)N(CC)Cc1cnc2ccccn12. The van der Waals surface area contributed by atoms with E-state index in [9.17, 15) is 9.59 Å². The number of aromatic nitrogens is 2. The number of amides is 1. The molecule has 0 aliphatic heterocycles. The van der Waals surface area contributed by atoms with E-state index in [1.165, 1.54) is 4.90 Å². The summed E-state index contributed by atoms with van der Waals surface area (Å²) in [4.78, 5) is 29.1. The maximum atomic E-state index is 11.9. The zero-order valence-corrected chi connectivity index (χ0v) is 11.6. The van der Waals surface area contributed by atoms with Crippen LogP contribution in [-0.4, -0.2) is 39.3 Å². The Morgan fingerprint density at radius 3 is 2.85 bits per heavy atom. The maximum Gasteiger partial charge on any atom is 0.397 e. The molecule has 0 atom stereocenters. The lowest BCUT2D eigenvalue weighted by molar-refractivity contribution is -0.160. The lowest BCUT2D eigenvalue weighted by atomic mass is 10.3. The van der Waals surface area contributed by atoms with Gasteiger partial charge in [0.1, 0.15) is 5.65 Å². The summed E-state index contributed by atoms with van der Waals surface area (Å²) in [6, 6.07) is 5.67. The Kier molecular flexibility index (Phi) is 4.34. The van der Waals surface area contributed by atoms with Gasteiger partial charge in [0.2, 0.25) is 0 Å². The third-order valence-electron chi connectivity index (χ3n) is 2.97. The molecular weight excluding hydrogens is 258 g/mol. The minimum atomic E-state index is -0.817. The average molecular weight is 275 g/mol. The summed E-state index contributed by atoms with van der Waals surface area (Å²) in [6.07, 6.45) is 3.58. The fraction of sp³-hybridized carbons (Fsp3) is 0.357. The van der Waals surface area contributed by atoms with Crippen LogP contribution in [0.25, 0.3) is 5.65 Å². The Hall–Kier alpha value is -2.37. The van der Waals surface area contributed by atoms with Gasteiger partial charge in [-0.1, -0.05) is 6.07 Å². The van der Waals surface area contributed by atoms with E-state index < -0.39 is 11.9 Å². The van der Waals surface area contributed by atoms with Gasteiger partial charge in [-0.05, 0) is 26.0 Å². The van der Waals surface area contributed by atoms with Crippen LogP contribution in [0.4, 0.5) is 0 Å². The van der Waals surface area contributed by atoms with Crippen molar-refractivity contribution in [1.29, 1.82) is 0 Å². The molecule has 2 aromatic rings. The minimum Gasteiger partial charge on any atom is -0.459 e. The summed E-state index contributed by atoms with van der Waals surface area (Å²) < 4.78 is 6.63. The number of imidazole rings is 1. The van der Waals surface area contributed by atoms with Crippen molar-refractivity contribution in [1.82, 2.24) is 14.3 Å². The van der Waals surface area contributed by atoms with Crippen LogP contribution in [0, 0.1) is 0 Å². The second-order valence-corrected chi connectivity index (χ2v) is 4.22. The van der Waals surface area contributed by atoms with Gasteiger partial charge in [-0.15, -0.1) is 0 Å². The van der Waals surface area contributed by atoms with Gasteiger partial charge in [0.25, 0.3) is 0 Å². The van der Waals surface area contributed by atoms with Crippen LogP contribution >= 0.6 is 0 Å². The molecule has 2 aromatic heterocycles. The van der Waals surface area contributed by atoms with E-state index in [0.717, 1.165) is 11.3 Å². The van der Waals surface area contributed by atoms with Crippen molar-refractivity contribution < 1.29 is 14.3 Å². The molecule has 2 heterocycles. The first-order valence-electron chi connectivity index (χ1n) is 6.54. The van der Waals surface area contributed by atoms with E-state index in [1.54, 1.807) is 13.1 Å². The quantitative estimate of drug-likeness (QED) is 0.622. The lowest BCUT2D eigenvalue weighted by Crippen LogP contribution is -2.37. The molecule has 2 rings (SSSR count). The number of hydrogen-bond donors (Lipinski definition) is 0.